The van der Waals surface area contributed by atoms with Crippen molar-refractivity contribution in [3.05, 3.63) is 44.6 Å². The summed E-state index contributed by atoms with van der Waals surface area (Å²) in [5.41, 5.74) is 0.711. The molecule has 4 aliphatic heterocycles. The SMILES string of the molecule is O=C(N[C@H](Cc1cc(Cl)c(O)c(C(F)(F)F)c1)C(=O)N1CCN(C2CCNCC2)CC1)N1CCC(N2CCc3cscc3NC2=O)CC1. The highest BCUT2D eigenvalue weighted by atomic mass is 35.5. The molecule has 6 rings (SSSR count). The molecule has 5 heterocycles. The van der Waals surface area contributed by atoms with Gasteiger partial charge in [0.1, 0.15) is 11.8 Å². The van der Waals surface area contributed by atoms with Crippen molar-refractivity contribution in [2.75, 3.05) is 64.2 Å². The molecule has 4 aliphatic rings. The van der Waals surface area contributed by atoms with Crippen molar-refractivity contribution in [3.63, 3.8) is 0 Å². The number of thiophene rings is 1. The number of piperazine rings is 1. The number of benzene rings is 1. The van der Waals surface area contributed by atoms with Crippen LogP contribution in [-0.2, 0) is 23.8 Å². The first kappa shape index (κ1) is 34.6. The number of carbonyl (C=O) groups excluding carboxylic acids is 3. The van der Waals surface area contributed by atoms with E-state index in [9.17, 15) is 32.7 Å². The number of halogens is 4. The minimum atomic E-state index is -4.86. The summed E-state index contributed by atoms with van der Waals surface area (Å²) in [6.07, 6.45) is -1.20. The number of piperidine rings is 2. The van der Waals surface area contributed by atoms with Gasteiger partial charge in [0.05, 0.1) is 16.3 Å². The molecule has 5 amide bonds. The molecule has 1 aromatic carbocycles. The number of phenols is 1. The molecule has 0 spiro atoms. The van der Waals surface area contributed by atoms with Crippen LogP contribution in [0.5, 0.6) is 5.75 Å². The fourth-order valence-electron chi connectivity index (χ4n) is 7.25. The molecular formula is C32H41ClF3N7O4S. The number of nitrogens with one attached hydrogen (secondary N) is 3. The number of hydrogen-bond acceptors (Lipinski definition) is 7. The Bertz CT molecular complexity index is 1490. The lowest BCUT2D eigenvalue weighted by atomic mass is 10.00. The molecule has 2 aromatic rings. The van der Waals surface area contributed by atoms with Gasteiger partial charge in [-0.15, -0.1) is 11.3 Å². The molecule has 1 aromatic heterocycles. The van der Waals surface area contributed by atoms with E-state index < -0.39 is 34.6 Å². The summed E-state index contributed by atoms with van der Waals surface area (Å²) >= 11 is 7.54. The maximum absolute atomic E-state index is 13.9. The predicted molar refractivity (Wildman–Crippen MR) is 177 cm³/mol. The number of hydrogen-bond donors (Lipinski definition) is 4. The van der Waals surface area contributed by atoms with Crippen LogP contribution in [-0.4, -0.2) is 120 Å². The largest absolute Gasteiger partial charge is 0.506 e. The topological polar surface area (TPSA) is 120 Å². The van der Waals surface area contributed by atoms with E-state index in [1.165, 1.54) is 6.07 Å². The van der Waals surface area contributed by atoms with Crippen LogP contribution in [0.1, 0.15) is 42.4 Å². The van der Waals surface area contributed by atoms with Crippen LogP contribution in [0.25, 0.3) is 0 Å². The van der Waals surface area contributed by atoms with Gasteiger partial charge in [-0.1, -0.05) is 11.6 Å². The zero-order valence-electron chi connectivity index (χ0n) is 26.5. The first-order valence-electron chi connectivity index (χ1n) is 16.5. The molecule has 16 heteroatoms. The first-order chi connectivity index (χ1) is 23.0. The van der Waals surface area contributed by atoms with Gasteiger partial charge in [0, 0.05) is 69.7 Å². The number of fused-ring (bicyclic) bond motifs is 1. The lowest BCUT2D eigenvalue weighted by Crippen LogP contribution is -2.59. The number of alkyl halides is 3. The van der Waals surface area contributed by atoms with E-state index >= 15 is 0 Å². The third-order valence-electron chi connectivity index (χ3n) is 9.97. The van der Waals surface area contributed by atoms with Gasteiger partial charge in [0.2, 0.25) is 5.91 Å². The zero-order chi connectivity index (χ0) is 34.0. The molecular weight excluding hydrogens is 671 g/mol. The summed E-state index contributed by atoms with van der Waals surface area (Å²) in [5, 5.41) is 22.6. The molecule has 0 bridgehead atoms. The van der Waals surface area contributed by atoms with E-state index in [4.69, 9.17) is 11.6 Å². The Balaban J connectivity index is 1.12. The van der Waals surface area contributed by atoms with Gasteiger partial charge in [-0.25, -0.2) is 9.59 Å². The Kier molecular flexibility index (Phi) is 10.6. The Morgan fingerprint density at radius 2 is 1.69 bits per heavy atom. The van der Waals surface area contributed by atoms with Gasteiger partial charge in [-0.3, -0.25) is 9.69 Å². The summed E-state index contributed by atoms with van der Waals surface area (Å²) < 4.78 is 41.1. The number of urea groups is 2. The van der Waals surface area contributed by atoms with E-state index in [2.05, 4.69) is 20.9 Å². The monoisotopic (exact) mass is 711 g/mol. The van der Waals surface area contributed by atoms with Crippen LogP contribution in [0.3, 0.4) is 0 Å². The molecule has 1 atom stereocenters. The van der Waals surface area contributed by atoms with Crippen LogP contribution < -0.4 is 16.0 Å². The normalized spacial score (nSPS) is 21.0. The van der Waals surface area contributed by atoms with E-state index in [-0.39, 0.29) is 30.0 Å². The molecule has 3 saturated heterocycles. The highest BCUT2D eigenvalue weighted by molar-refractivity contribution is 7.08. The number of anilines is 1. The summed E-state index contributed by atoms with van der Waals surface area (Å²) in [6.45, 7) is 5.39. The number of aromatic hydroxyl groups is 1. The summed E-state index contributed by atoms with van der Waals surface area (Å²) in [5.74, 6) is -1.46. The van der Waals surface area contributed by atoms with Crippen molar-refractivity contribution < 1.29 is 32.7 Å². The number of carbonyl (C=O) groups is 3. The van der Waals surface area contributed by atoms with E-state index in [1.807, 2.05) is 15.7 Å². The molecule has 0 unspecified atom stereocenters. The van der Waals surface area contributed by atoms with Crippen molar-refractivity contribution in [1.82, 2.24) is 30.2 Å². The zero-order valence-corrected chi connectivity index (χ0v) is 28.1. The average Bonchev–Trinajstić information content (AvgIpc) is 3.45. The number of likely N-dealkylation sites (tertiary alicyclic amines) is 1. The Hall–Kier alpha value is -3.27. The van der Waals surface area contributed by atoms with Crippen molar-refractivity contribution in [2.24, 2.45) is 0 Å². The standard InChI is InChI=1S/C32H41ClF3N7O4S/c33-25-16-20(15-24(28(25)44)32(34,35)36)17-26(29(45)41-13-11-40(12-14-41)22-1-6-37-7-2-22)38-30(46)42-8-4-23(5-9-42)43-10-3-21-18-48-19-27(21)39-31(43)47/h15-16,18-19,22-23,26,37,44H,1-14,17H2,(H,38,46)(H,39,47)/t26-/m1/s1. The molecule has 3 fully saturated rings. The summed E-state index contributed by atoms with van der Waals surface area (Å²) in [4.78, 5) is 48.0. The summed E-state index contributed by atoms with van der Waals surface area (Å²) in [6, 6.07) is 0.543. The number of amides is 5. The Morgan fingerprint density at radius 3 is 2.38 bits per heavy atom. The maximum atomic E-state index is 13.9. The lowest BCUT2D eigenvalue weighted by molar-refractivity contribution is -0.138. The summed E-state index contributed by atoms with van der Waals surface area (Å²) in [7, 11) is 0. The Labute approximate surface area is 286 Å². The molecule has 48 heavy (non-hydrogen) atoms. The average molecular weight is 712 g/mol. The van der Waals surface area contributed by atoms with Crippen LogP contribution >= 0.6 is 22.9 Å². The van der Waals surface area contributed by atoms with E-state index in [1.54, 1.807) is 21.1 Å². The van der Waals surface area contributed by atoms with E-state index in [0.29, 0.717) is 64.7 Å². The van der Waals surface area contributed by atoms with Crippen LogP contribution in [0.4, 0.5) is 28.4 Å². The second kappa shape index (κ2) is 14.7. The second-order valence-electron chi connectivity index (χ2n) is 12.9. The fourth-order valence-corrected chi connectivity index (χ4v) is 8.32. The molecule has 262 valence electrons. The van der Waals surface area contributed by atoms with Crippen LogP contribution in [0.15, 0.2) is 22.9 Å². The van der Waals surface area contributed by atoms with Crippen molar-refractivity contribution in [2.45, 2.75) is 62.8 Å². The van der Waals surface area contributed by atoms with Gasteiger partial charge < -0.3 is 35.8 Å². The third kappa shape index (κ3) is 7.79. The van der Waals surface area contributed by atoms with Crippen LogP contribution in [0, 0.1) is 0 Å². The van der Waals surface area contributed by atoms with Crippen molar-refractivity contribution >= 4 is 46.6 Å². The minimum Gasteiger partial charge on any atom is -0.506 e. The number of phenolic OH excluding ortho intramolecular Hbond substituents is 1. The number of rotatable bonds is 6. The first-order valence-corrected chi connectivity index (χ1v) is 17.8. The molecule has 11 nitrogen and oxygen atoms in total. The Morgan fingerprint density at radius 1 is 0.979 bits per heavy atom. The van der Waals surface area contributed by atoms with Crippen LogP contribution in [0.2, 0.25) is 5.02 Å². The minimum absolute atomic E-state index is 0.0599. The molecule has 0 radical (unpaired) electrons. The fraction of sp³-hybridized carbons (Fsp3) is 0.594. The van der Waals surface area contributed by atoms with Gasteiger partial charge in [-0.05, 0) is 73.8 Å². The van der Waals surface area contributed by atoms with Crippen molar-refractivity contribution in [1.29, 1.82) is 0 Å². The molecule has 4 N–H and O–H groups in total. The molecule has 0 saturated carbocycles. The highest BCUT2D eigenvalue weighted by Crippen LogP contribution is 2.40. The van der Waals surface area contributed by atoms with Gasteiger partial charge in [0.15, 0.2) is 0 Å². The van der Waals surface area contributed by atoms with E-state index in [0.717, 1.165) is 49.7 Å². The lowest BCUT2D eigenvalue weighted by Gasteiger charge is -2.42. The maximum Gasteiger partial charge on any atom is 0.420 e. The quantitative estimate of drug-likeness (QED) is 0.357. The van der Waals surface area contributed by atoms with Gasteiger partial charge in [-0.2, -0.15) is 13.2 Å². The second-order valence-corrected chi connectivity index (χ2v) is 14.1. The highest BCUT2D eigenvalue weighted by Gasteiger charge is 2.38. The predicted octanol–water partition coefficient (Wildman–Crippen LogP) is 4.20. The van der Waals surface area contributed by atoms with Crippen molar-refractivity contribution in [3.8, 4) is 5.75 Å². The molecule has 0 aliphatic carbocycles. The van der Waals surface area contributed by atoms with Gasteiger partial charge >= 0.3 is 18.2 Å². The van der Waals surface area contributed by atoms with Gasteiger partial charge in [0.25, 0.3) is 0 Å². The third-order valence-corrected chi connectivity index (χ3v) is 11.1. The smallest absolute Gasteiger partial charge is 0.420 e. The number of nitrogens with zero attached hydrogens (tertiary/aromatic N) is 4.